The Labute approximate surface area is 105 Å². The van der Waals surface area contributed by atoms with Crippen LogP contribution in [0.25, 0.3) is 0 Å². The van der Waals surface area contributed by atoms with Gasteiger partial charge in [-0.05, 0) is 30.0 Å². The van der Waals surface area contributed by atoms with Crippen LogP contribution >= 0.6 is 0 Å². The van der Waals surface area contributed by atoms with Crippen molar-refractivity contribution in [2.24, 2.45) is 5.92 Å². The summed E-state index contributed by atoms with van der Waals surface area (Å²) in [7, 11) is 4.04. The molecule has 0 amide bonds. The highest BCUT2D eigenvalue weighted by atomic mass is 16.3. The highest BCUT2D eigenvalue weighted by Crippen LogP contribution is 2.33. The number of allylic oxidation sites excluding steroid dienone is 1. The molecule has 0 saturated heterocycles. The van der Waals surface area contributed by atoms with Crippen LogP contribution in [0.3, 0.4) is 0 Å². The molecule has 0 bridgehead atoms. The van der Waals surface area contributed by atoms with Crippen LogP contribution in [0.1, 0.15) is 31.7 Å². The van der Waals surface area contributed by atoms with Crippen LogP contribution in [-0.2, 0) is 0 Å². The number of hydrogen-bond acceptors (Lipinski definition) is 2. The molecule has 0 spiro atoms. The SMILES string of the molecule is C=C(C(C)C(CC)c1cccc(O)c1)N(C)C. The summed E-state index contributed by atoms with van der Waals surface area (Å²) in [6.07, 6.45) is 1.04. The highest BCUT2D eigenvalue weighted by Gasteiger charge is 2.21. The van der Waals surface area contributed by atoms with Crippen molar-refractivity contribution in [3.05, 3.63) is 42.1 Å². The van der Waals surface area contributed by atoms with Gasteiger partial charge in [-0.1, -0.05) is 32.6 Å². The van der Waals surface area contributed by atoms with Crippen molar-refractivity contribution in [3.63, 3.8) is 0 Å². The molecule has 0 aliphatic rings. The molecule has 0 saturated carbocycles. The van der Waals surface area contributed by atoms with Crippen molar-refractivity contribution < 1.29 is 5.11 Å². The maximum Gasteiger partial charge on any atom is 0.115 e. The summed E-state index contributed by atoms with van der Waals surface area (Å²) in [6.45, 7) is 8.50. The third-order valence-corrected chi connectivity index (χ3v) is 3.44. The van der Waals surface area contributed by atoms with Crippen molar-refractivity contribution in [2.75, 3.05) is 14.1 Å². The van der Waals surface area contributed by atoms with Crippen molar-refractivity contribution in [3.8, 4) is 5.75 Å². The van der Waals surface area contributed by atoms with E-state index in [9.17, 15) is 5.11 Å². The topological polar surface area (TPSA) is 23.5 Å². The number of rotatable bonds is 5. The molecule has 0 fully saturated rings. The number of phenols is 1. The average molecular weight is 233 g/mol. The van der Waals surface area contributed by atoms with Crippen LogP contribution in [0, 0.1) is 5.92 Å². The first-order valence-electron chi connectivity index (χ1n) is 6.12. The zero-order chi connectivity index (χ0) is 13.0. The van der Waals surface area contributed by atoms with Crippen LogP contribution in [-0.4, -0.2) is 24.1 Å². The van der Waals surface area contributed by atoms with Crippen LogP contribution in [0.15, 0.2) is 36.5 Å². The maximum atomic E-state index is 9.55. The molecule has 0 heterocycles. The molecule has 1 aromatic rings. The van der Waals surface area contributed by atoms with Gasteiger partial charge in [0.05, 0.1) is 0 Å². The molecule has 2 unspecified atom stereocenters. The Morgan fingerprint density at radius 2 is 2.06 bits per heavy atom. The predicted octanol–water partition coefficient (Wildman–Crippen LogP) is 3.60. The second-order valence-corrected chi connectivity index (χ2v) is 4.78. The maximum absolute atomic E-state index is 9.55. The smallest absolute Gasteiger partial charge is 0.115 e. The first kappa shape index (κ1) is 13.6. The van der Waals surface area contributed by atoms with Crippen LogP contribution < -0.4 is 0 Å². The zero-order valence-corrected chi connectivity index (χ0v) is 11.3. The van der Waals surface area contributed by atoms with E-state index >= 15 is 0 Å². The molecule has 94 valence electrons. The fourth-order valence-corrected chi connectivity index (χ4v) is 2.27. The normalized spacial score (nSPS) is 14.1. The Morgan fingerprint density at radius 3 is 2.53 bits per heavy atom. The predicted molar refractivity (Wildman–Crippen MR) is 73.1 cm³/mol. The third-order valence-electron chi connectivity index (χ3n) is 3.44. The van der Waals surface area contributed by atoms with E-state index in [1.165, 1.54) is 5.56 Å². The molecule has 1 aromatic carbocycles. The van der Waals surface area contributed by atoms with Gasteiger partial charge in [-0.15, -0.1) is 0 Å². The lowest BCUT2D eigenvalue weighted by atomic mass is 9.83. The van der Waals surface area contributed by atoms with Gasteiger partial charge < -0.3 is 10.0 Å². The molecular weight excluding hydrogens is 210 g/mol. The number of phenolic OH excluding ortho intramolecular Hbond substituents is 1. The molecule has 2 atom stereocenters. The van der Waals surface area contributed by atoms with Gasteiger partial charge in [0.2, 0.25) is 0 Å². The summed E-state index contributed by atoms with van der Waals surface area (Å²) in [5.74, 6) is 1.11. The summed E-state index contributed by atoms with van der Waals surface area (Å²) in [6, 6.07) is 7.54. The molecule has 0 aromatic heterocycles. The average Bonchev–Trinajstić information content (AvgIpc) is 2.28. The van der Waals surface area contributed by atoms with Gasteiger partial charge in [-0.2, -0.15) is 0 Å². The quantitative estimate of drug-likeness (QED) is 0.840. The summed E-state index contributed by atoms with van der Waals surface area (Å²) in [5, 5.41) is 9.55. The minimum absolute atomic E-state index is 0.337. The Hall–Kier alpha value is -1.44. The van der Waals surface area contributed by atoms with E-state index in [0.29, 0.717) is 17.6 Å². The van der Waals surface area contributed by atoms with Crippen molar-refractivity contribution >= 4 is 0 Å². The second kappa shape index (κ2) is 5.76. The molecule has 0 radical (unpaired) electrons. The third kappa shape index (κ3) is 3.26. The molecule has 2 heteroatoms. The lowest BCUT2D eigenvalue weighted by Crippen LogP contribution is -2.21. The number of aromatic hydroxyl groups is 1. The van der Waals surface area contributed by atoms with Gasteiger partial charge in [-0.25, -0.2) is 0 Å². The Kier molecular flexibility index (Phi) is 4.62. The number of hydrogen-bond donors (Lipinski definition) is 1. The molecule has 0 aliphatic heterocycles. The molecule has 0 aliphatic carbocycles. The summed E-state index contributed by atoms with van der Waals surface area (Å²) in [5.41, 5.74) is 2.31. The fraction of sp³-hybridized carbons (Fsp3) is 0.467. The molecule has 2 nitrogen and oxygen atoms in total. The van der Waals surface area contributed by atoms with Crippen LogP contribution in [0.4, 0.5) is 0 Å². The molecular formula is C15H23NO. The largest absolute Gasteiger partial charge is 0.508 e. The fourth-order valence-electron chi connectivity index (χ4n) is 2.27. The Morgan fingerprint density at radius 1 is 1.41 bits per heavy atom. The number of benzene rings is 1. The van der Waals surface area contributed by atoms with Gasteiger partial charge in [0.1, 0.15) is 5.75 Å². The van der Waals surface area contributed by atoms with Gasteiger partial charge >= 0.3 is 0 Å². The van der Waals surface area contributed by atoms with E-state index in [4.69, 9.17) is 0 Å². The van der Waals surface area contributed by atoms with Crippen LogP contribution in [0.5, 0.6) is 5.75 Å². The molecule has 1 N–H and O–H groups in total. The first-order valence-corrected chi connectivity index (χ1v) is 6.12. The van der Waals surface area contributed by atoms with Crippen LogP contribution in [0.2, 0.25) is 0 Å². The summed E-state index contributed by atoms with van der Waals surface area (Å²) >= 11 is 0. The van der Waals surface area contributed by atoms with E-state index in [2.05, 4.69) is 31.4 Å². The van der Waals surface area contributed by atoms with E-state index in [0.717, 1.165) is 12.1 Å². The van der Waals surface area contributed by atoms with Gasteiger partial charge in [-0.3, -0.25) is 0 Å². The van der Waals surface area contributed by atoms with E-state index in [1.54, 1.807) is 6.07 Å². The van der Waals surface area contributed by atoms with Crippen molar-refractivity contribution in [1.82, 2.24) is 4.90 Å². The van der Waals surface area contributed by atoms with Gasteiger partial charge in [0, 0.05) is 25.7 Å². The number of nitrogens with zero attached hydrogens (tertiary/aromatic N) is 1. The minimum Gasteiger partial charge on any atom is -0.508 e. The summed E-state index contributed by atoms with van der Waals surface area (Å²) < 4.78 is 0. The first-order chi connectivity index (χ1) is 7.97. The standard InChI is InChI=1S/C15H23NO/c1-6-15(11(2)12(3)16(4)5)13-8-7-9-14(17)10-13/h7-11,15,17H,3,6H2,1-2,4-5H3. The lowest BCUT2D eigenvalue weighted by Gasteiger charge is -2.29. The zero-order valence-electron chi connectivity index (χ0n) is 11.3. The van der Waals surface area contributed by atoms with E-state index < -0.39 is 0 Å². The Balaban J connectivity index is 2.95. The van der Waals surface area contributed by atoms with Gasteiger partial charge in [0.15, 0.2) is 0 Å². The molecule has 1 rings (SSSR count). The van der Waals surface area contributed by atoms with E-state index in [-0.39, 0.29) is 0 Å². The Bertz CT molecular complexity index is 384. The minimum atomic E-state index is 0.337. The van der Waals surface area contributed by atoms with E-state index in [1.807, 2.05) is 26.2 Å². The van der Waals surface area contributed by atoms with Gasteiger partial charge in [0.25, 0.3) is 0 Å². The second-order valence-electron chi connectivity index (χ2n) is 4.78. The molecule has 17 heavy (non-hydrogen) atoms. The summed E-state index contributed by atoms with van der Waals surface area (Å²) in [4.78, 5) is 2.07. The van der Waals surface area contributed by atoms with Crippen molar-refractivity contribution in [2.45, 2.75) is 26.2 Å². The highest BCUT2D eigenvalue weighted by molar-refractivity contribution is 5.31. The lowest BCUT2D eigenvalue weighted by molar-refractivity contribution is 0.384. The van der Waals surface area contributed by atoms with Crippen molar-refractivity contribution in [1.29, 1.82) is 0 Å². The monoisotopic (exact) mass is 233 g/mol.